The number of nitro groups is 1. The average molecular weight is 293 g/mol. The smallest absolute Gasteiger partial charge is 0.269 e. The molecule has 0 aromatic heterocycles. The van der Waals surface area contributed by atoms with Crippen molar-refractivity contribution >= 4 is 17.3 Å². The maximum absolute atomic E-state index is 12.0. The summed E-state index contributed by atoms with van der Waals surface area (Å²) in [6, 6.07) is 4.39. The highest BCUT2D eigenvalue weighted by molar-refractivity contribution is 5.93. The number of amides is 1. The SMILES string of the molecule is Cc1cc([N+](=O)[O-])ccc1NC(=O)CN1CCCC1CO. The van der Waals surface area contributed by atoms with E-state index < -0.39 is 4.92 Å². The van der Waals surface area contributed by atoms with Crippen molar-refractivity contribution in [2.24, 2.45) is 0 Å². The van der Waals surface area contributed by atoms with Crippen LogP contribution in [0.3, 0.4) is 0 Å². The fraction of sp³-hybridized carbons (Fsp3) is 0.500. The molecule has 1 aliphatic heterocycles. The Labute approximate surface area is 122 Å². The molecule has 0 aliphatic carbocycles. The lowest BCUT2D eigenvalue weighted by Crippen LogP contribution is -2.38. The summed E-state index contributed by atoms with van der Waals surface area (Å²) in [6.07, 6.45) is 1.88. The van der Waals surface area contributed by atoms with Gasteiger partial charge in [0.25, 0.3) is 5.69 Å². The van der Waals surface area contributed by atoms with E-state index >= 15 is 0 Å². The number of carbonyl (C=O) groups is 1. The summed E-state index contributed by atoms with van der Waals surface area (Å²) >= 11 is 0. The molecule has 21 heavy (non-hydrogen) atoms. The molecule has 0 bridgehead atoms. The van der Waals surface area contributed by atoms with E-state index in [1.165, 1.54) is 12.1 Å². The van der Waals surface area contributed by atoms with Crippen LogP contribution in [0.1, 0.15) is 18.4 Å². The number of non-ortho nitro benzene ring substituents is 1. The van der Waals surface area contributed by atoms with E-state index in [1.807, 2.05) is 4.90 Å². The normalized spacial score (nSPS) is 18.7. The zero-order valence-corrected chi connectivity index (χ0v) is 11.9. The highest BCUT2D eigenvalue weighted by Crippen LogP contribution is 2.21. The maximum atomic E-state index is 12.0. The van der Waals surface area contributed by atoms with Gasteiger partial charge in [0, 0.05) is 23.9 Å². The van der Waals surface area contributed by atoms with E-state index in [0.29, 0.717) is 11.3 Å². The molecule has 1 saturated heterocycles. The number of hydrogen-bond donors (Lipinski definition) is 2. The molecular weight excluding hydrogens is 274 g/mol. The Balaban J connectivity index is 1.98. The molecular formula is C14H19N3O4. The standard InChI is InChI=1S/C14H19N3O4/c1-10-7-11(17(20)21)4-5-13(10)15-14(19)8-16-6-2-3-12(16)9-18/h4-5,7,12,18H,2-3,6,8-9H2,1H3,(H,15,19). The van der Waals surface area contributed by atoms with Crippen LogP contribution >= 0.6 is 0 Å². The molecule has 1 aromatic carbocycles. The Bertz CT molecular complexity index is 547. The number of rotatable bonds is 5. The van der Waals surface area contributed by atoms with Crippen molar-refractivity contribution in [1.29, 1.82) is 0 Å². The second-order valence-electron chi connectivity index (χ2n) is 5.25. The quantitative estimate of drug-likeness (QED) is 0.630. The molecule has 0 spiro atoms. The third kappa shape index (κ3) is 3.77. The first-order valence-electron chi connectivity index (χ1n) is 6.91. The lowest BCUT2D eigenvalue weighted by atomic mass is 10.2. The summed E-state index contributed by atoms with van der Waals surface area (Å²) in [5.41, 5.74) is 1.23. The highest BCUT2D eigenvalue weighted by atomic mass is 16.6. The molecule has 0 saturated carbocycles. The van der Waals surface area contributed by atoms with Crippen LogP contribution in [0.15, 0.2) is 18.2 Å². The molecule has 114 valence electrons. The van der Waals surface area contributed by atoms with Crippen molar-refractivity contribution in [2.75, 3.05) is 25.0 Å². The number of nitrogens with one attached hydrogen (secondary N) is 1. The summed E-state index contributed by atoms with van der Waals surface area (Å²) in [7, 11) is 0. The van der Waals surface area contributed by atoms with Crippen molar-refractivity contribution in [2.45, 2.75) is 25.8 Å². The number of benzene rings is 1. The highest BCUT2D eigenvalue weighted by Gasteiger charge is 2.25. The van der Waals surface area contributed by atoms with E-state index in [9.17, 15) is 20.0 Å². The maximum Gasteiger partial charge on any atom is 0.269 e. The largest absolute Gasteiger partial charge is 0.395 e. The van der Waals surface area contributed by atoms with Gasteiger partial charge < -0.3 is 10.4 Å². The second kappa shape index (κ2) is 6.64. The lowest BCUT2D eigenvalue weighted by molar-refractivity contribution is -0.384. The number of hydrogen-bond acceptors (Lipinski definition) is 5. The summed E-state index contributed by atoms with van der Waals surface area (Å²) in [5.74, 6) is -0.174. The minimum atomic E-state index is -0.464. The lowest BCUT2D eigenvalue weighted by Gasteiger charge is -2.22. The minimum absolute atomic E-state index is 0.00499. The zero-order valence-electron chi connectivity index (χ0n) is 11.9. The Morgan fingerprint density at radius 1 is 1.57 bits per heavy atom. The van der Waals surface area contributed by atoms with Crippen LogP contribution in [-0.2, 0) is 4.79 Å². The van der Waals surface area contributed by atoms with Gasteiger partial charge in [-0.1, -0.05) is 0 Å². The van der Waals surface area contributed by atoms with Gasteiger partial charge in [0.2, 0.25) is 5.91 Å². The number of carbonyl (C=O) groups excluding carboxylic acids is 1. The fourth-order valence-corrected chi connectivity index (χ4v) is 2.59. The Hall–Kier alpha value is -1.99. The van der Waals surface area contributed by atoms with Crippen molar-refractivity contribution < 1.29 is 14.8 Å². The van der Waals surface area contributed by atoms with Crippen LogP contribution in [0.5, 0.6) is 0 Å². The first kappa shape index (κ1) is 15.4. The van der Waals surface area contributed by atoms with Gasteiger partial charge in [0.15, 0.2) is 0 Å². The van der Waals surface area contributed by atoms with Gasteiger partial charge in [-0.15, -0.1) is 0 Å². The van der Waals surface area contributed by atoms with Gasteiger partial charge in [-0.25, -0.2) is 0 Å². The molecule has 1 fully saturated rings. The zero-order chi connectivity index (χ0) is 15.4. The summed E-state index contributed by atoms with van der Waals surface area (Å²) < 4.78 is 0. The number of likely N-dealkylation sites (tertiary alicyclic amines) is 1. The Morgan fingerprint density at radius 3 is 2.95 bits per heavy atom. The van der Waals surface area contributed by atoms with Gasteiger partial charge in [-0.05, 0) is 37.9 Å². The van der Waals surface area contributed by atoms with Gasteiger partial charge >= 0.3 is 0 Å². The van der Waals surface area contributed by atoms with Crippen LogP contribution in [0.4, 0.5) is 11.4 Å². The first-order chi connectivity index (χ1) is 10.0. The van der Waals surface area contributed by atoms with E-state index in [1.54, 1.807) is 13.0 Å². The van der Waals surface area contributed by atoms with Crippen LogP contribution in [0, 0.1) is 17.0 Å². The van der Waals surface area contributed by atoms with Crippen molar-refractivity contribution in [3.05, 3.63) is 33.9 Å². The molecule has 1 unspecified atom stereocenters. The van der Waals surface area contributed by atoms with Gasteiger partial charge in [0.05, 0.1) is 18.1 Å². The summed E-state index contributed by atoms with van der Waals surface area (Å²) in [4.78, 5) is 24.2. The molecule has 1 heterocycles. The van der Waals surface area contributed by atoms with E-state index in [0.717, 1.165) is 19.4 Å². The molecule has 1 aliphatic rings. The number of nitrogens with zero attached hydrogens (tertiary/aromatic N) is 2. The number of aliphatic hydroxyl groups excluding tert-OH is 1. The van der Waals surface area contributed by atoms with E-state index in [2.05, 4.69) is 5.32 Å². The third-order valence-electron chi connectivity index (χ3n) is 3.75. The third-order valence-corrected chi connectivity index (χ3v) is 3.75. The number of aryl methyl sites for hydroxylation is 1. The number of nitro benzene ring substituents is 1. The molecule has 0 radical (unpaired) electrons. The monoisotopic (exact) mass is 293 g/mol. The Kier molecular flexibility index (Phi) is 4.87. The molecule has 1 aromatic rings. The average Bonchev–Trinajstić information content (AvgIpc) is 2.87. The minimum Gasteiger partial charge on any atom is -0.395 e. The molecule has 7 heteroatoms. The number of anilines is 1. The Morgan fingerprint density at radius 2 is 2.33 bits per heavy atom. The predicted molar refractivity (Wildman–Crippen MR) is 78.1 cm³/mol. The van der Waals surface area contributed by atoms with Crippen molar-refractivity contribution in [3.63, 3.8) is 0 Å². The topological polar surface area (TPSA) is 95.7 Å². The van der Waals surface area contributed by atoms with Crippen LogP contribution in [0.2, 0.25) is 0 Å². The molecule has 2 rings (SSSR count). The summed E-state index contributed by atoms with van der Waals surface area (Å²) in [5, 5.41) is 22.7. The van der Waals surface area contributed by atoms with Gasteiger partial charge in [-0.3, -0.25) is 19.8 Å². The van der Waals surface area contributed by atoms with E-state index in [-0.39, 0.29) is 30.8 Å². The predicted octanol–water partition coefficient (Wildman–Crippen LogP) is 1.30. The van der Waals surface area contributed by atoms with Gasteiger partial charge in [0.1, 0.15) is 0 Å². The first-order valence-corrected chi connectivity index (χ1v) is 6.91. The van der Waals surface area contributed by atoms with Gasteiger partial charge in [-0.2, -0.15) is 0 Å². The van der Waals surface area contributed by atoms with Crippen molar-refractivity contribution in [3.8, 4) is 0 Å². The molecule has 1 atom stereocenters. The second-order valence-corrected chi connectivity index (χ2v) is 5.25. The van der Waals surface area contributed by atoms with Crippen LogP contribution in [-0.4, -0.2) is 46.6 Å². The molecule has 1 amide bonds. The number of aliphatic hydroxyl groups is 1. The van der Waals surface area contributed by atoms with Crippen LogP contribution in [0.25, 0.3) is 0 Å². The molecule has 2 N–H and O–H groups in total. The van der Waals surface area contributed by atoms with Crippen molar-refractivity contribution in [1.82, 2.24) is 4.90 Å². The van der Waals surface area contributed by atoms with E-state index in [4.69, 9.17) is 0 Å². The fourth-order valence-electron chi connectivity index (χ4n) is 2.59. The molecule has 7 nitrogen and oxygen atoms in total. The van der Waals surface area contributed by atoms with Crippen LogP contribution < -0.4 is 5.32 Å². The summed E-state index contributed by atoms with van der Waals surface area (Å²) in [6.45, 7) is 2.80.